The minimum Gasteiger partial charge on any atom is -0.503 e. The van der Waals surface area contributed by atoms with Crippen LogP contribution in [0.2, 0.25) is 5.02 Å². The van der Waals surface area contributed by atoms with Crippen molar-refractivity contribution in [2.24, 2.45) is 0 Å². The molecule has 184 valence electrons. The molecule has 0 saturated carbocycles. The van der Waals surface area contributed by atoms with Crippen molar-refractivity contribution in [1.82, 2.24) is 4.90 Å². The molecule has 5 rings (SSSR count). The number of carbonyl (C=O) groups is 1. The molecule has 0 spiro atoms. The number of amides is 1. The van der Waals surface area contributed by atoms with E-state index < -0.39 is 6.04 Å². The second-order valence-corrected chi connectivity index (χ2v) is 10.0. The van der Waals surface area contributed by atoms with E-state index in [1.165, 1.54) is 12.0 Å². The van der Waals surface area contributed by atoms with Crippen molar-refractivity contribution in [2.45, 2.75) is 12.5 Å². The highest BCUT2D eigenvalue weighted by Crippen LogP contribution is 2.43. The first-order chi connectivity index (χ1) is 16.9. The maximum atomic E-state index is 13.7. The summed E-state index contributed by atoms with van der Waals surface area (Å²) < 4.78 is 17.2. The molecule has 10 heteroatoms. The molecule has 2 aromatic carbocycles. The van der Waals surface area contributed by atoms with Crippen LogP contribution in [0.25, 0.3) is 11.0 Å². The number of rotatable bonds is 6. The molecule has 2 aliphatic rings. The van der Waals surface area contributed by atoms with Gasteiger partial charge < -0.3 is 28.8 Å². The molecule has 2 aliphatic heterocycles. The number of hydrogen-bond donors (Lipinski definition) is 2. The van der Waals surface area contributed by atoms with Gasteiger partial charge in [0.25, 0.3) is 5.91 Å². The zero-order valence-corrected chi connectivity index (χ0v) is 21.4. The summed E-state index contributed by atoms with van der Waals surface area (Å²) in [5.74, 6) is -0.113. The van der Waals surface area contributed by atoms with Crippen LogP contribution in [0.5, 0.6) is 11.5 Å². The number of morpholine rings is 1. The fourth-order valence-corrected chi connectivity index (χ4v) is 5.52. The normalized spacial score (nSPS) is 18.3. The fourth-order valence-electron chi connectivity index (χ4n) is 4.89. The van der Waals surface area contributed by atoms with E-state index in [0.717, 1.165) is 39.3 Å². The van der Waals surface area contributed by atoms with E-state index in [1.807, 2.05) is 0 Å². The van der Waals surface area contributed by atoms with Crippen molar-refractivity contribution in [2.75, 3.05) is 46.5 Å². The van der Waals surface area contributed by atoms with Gasteiger partial charge in [0.2, 0.25) is 5.76 Å². The predicted molar refractivity (Wildman–Crippen MR) is 134 cm³/mol. The van der Waals surface area contributed by atoms with Gasteiger partial charge in [-0.1, -0.05) is 11.6 Å². The quantitative estimate of drug-likeness (QED) is 0.478. The van der Waals surface area contributed by atoms with E-state index >= 15 is 0 Å². The molecule has 1 aromatic heterocycles. The first-order valence-corrected chi connectivity index (χ1v) is 12.6. The van der Waals surface area contributed by atoms with Crippen LogP contribution >= 0.6 is 27.5 Å². The second-order valence-electron chi connectivity index (χ2n) is 8.74. The summed E-state index contributed by atoms with van der Waals surface area (Å²) in [5, 5.41) is 11.1. The summed E-state index contributed by atoms with van der Waals surface area (Å²) in [6.45, 7) is 4.67. The molecular weight excluding hydrogens is 540 g/mol. The van der Waals surface area contributed by atoms with Crippen LogP contribution in [-0.2, 0) is 4.74 Å². The third-order valence-electron chi connectivity index (χ3n) is 6.64. The molecule has 0 bridgehead atoms. The number of nitrogens with zero attached hydrogens (tertiary/aromatic N) is 1. The minimum atomic E-state index is -0.692. The van der Waals surface area contributed by atoms with Gasteiger partial charge in [-0.3, -0.25) is 9.59 Å². The standard InChI is InChI=1S/C25H24BrClN2O6/c1-33-19-12-14(11-17(26)23(19)31)21-20-22(30)16-13-15(27)3-4-18(16)35-24(20)25(32)29(21)6-2-5-28-7-9-34-10-8-28/h3-4,11-13,21,31H,2,5-10H2,1H3/p+1/t21-/m1/s1. The smallest absolute Gasteiger partial charge is 0.290 e. The highest BCUT2D eigenvalue weighted by atomic mass is 79.9. The molecule has 1 fully saturated rings. The Morgan fingerprint density at radius 2 is 2.00 bits per heavy atom. The van der Waals surface area contributed by atoms with Crippen molar-refractivity contribution < 1.29 is 28.7 Å². The number of phenols is 1. The van der Waals surface area contributed by atoms with Crippen molar-refractivity contribution in [1.29, 1.82) is 0 Å². The highest BCUT2D eigenvalue weighted by molar-refractivity contribution is 9.10. The number of fused-ring (bicyclic) bond motifs is 2. The Morgan fingerprint density at radius 1 is 1.23 bits per heavy atom. The molecule has 3 aromatic rings. The average molecular weight is 565 g/mol. The van der Waals surface area contributed by atoms with Gasteiger partial charge in [-0.25, -0.2) is 0 Å². The van der Waals surface area contributed by atoms with Crippen LogP contribution in [0.1, 0.15) is 34.1 Å². The number of benzene rings is 2. The molecule has 2 N–H and O–H groups in total. The van der Waals surface area contributed by atoms with E-state index in [-0.39, 0.29) is 34.2 Å². The van der Waals surface area contributed by atoms with Crippen LogP contribution in [0.3, 0.4) is 0 Å². The van der Waals surface area contributed by atoms with Gasteiger partial charge in [-0.15, -0.1) is 0 Å². The number of methoxy groups -OCH3 is 1. The summed E-state index contributed by atoms with van der Waals surface area (Å²) in [5.41, 5.74) is 0.912. The Hall–Kier alpha value is -2.59. The maximum absolute atomic E-state index is 13.7. The van der Waals surface area contributed by atoms with Gasteiger partial charge in [-0.2, -0.15) is 0 Å². The van der Waals surface area contributed by atoms with Crippen LogP contribution < -0.4 is 15.1 Å². The third-order valence-corrected chi connectivity index (χ3v) is 7.48. The number of ether oxygens (including phenoxy) is 2. The van der Waals surface area contributed by atoms with E-state index in [0.29, 0.717) is 32.6 Å². The van der Waals surface area contributed by atoms with Gasteiger partial charge in [0.05, 0.1) is 48.3 Å². The van der Waals surface area contributed by atoms with Gasteiger partial charge in [-0.05, 0) is 51.8 Å². The zero-order chi connectivity index (χ0) is 24.7. The second kappa shape index (κ2) is 9.81. The summed E-state index contributed by atoms with van der Waals surface area (Å²) >= 11 is 9.52. The van der Waals surface area contributed by atoms with E-state index in [9.17, 15) is 14.7 Å². The van der Waals surface area contributed by atoms with Crippen molar-refractivity contribution in [3.8, 4) is 11.5 Å². The fraction of sp³-hybridized carbons (Fsp3) is 0.360. The van der Waals surface area contributed by atoms with Gasteiger partial charge in [0, 0.05) is 18.0 Å². The lowest BCUT2D eigenvalue weighted by Crippen LogP contribution is -3.14. The zero-order valence-electron chi connectivity index (χ0n) is 19.1. The van der Waals surface area contributed by atoms with Crippen molar-refractivity contribution in [3.63, 3.8) is 0 Å². The molecule has 1 amide bonds. The van der Waals surface area contributed by atoms with Crippen LogP contribution in [0.4, 0.5) is 0 Å². The molecule has 0 unspecified atom stereocenters. The number of phenolic OH excluding ortho intramolecular Hbond substituents is 1. The van der Waals surface area contributed by atoms with Crippen molar-refractivity contribution >= 4 is 44.4 Å². The molecular formula is C25H25BrClN2O6+. The molecule has 8 nitrogen and oxygen atoms in total. The molecule has 35 heavy (non-hydrogen) atoms. The van der Waals surface area contributed by atoms with Crippen molar-refractivity contribution in [3.05, 3.63) is 66.9 Å². The lowest BCUT2D eigenvalue weighted by atomic mass is 9.98. The summed E-state index contributed by atoms with van der Waals surface area (Å²) in [6, 6.07) is 7.44. The Bertz CT molecular complexity index is 1350. The first-order valence-electron chi connectivity index (χ1n) is 11.4. The predicted octanol–water partition coefficient (Wildman–Crippen LogP) is 2.77. The number of quaternary nitrogens is 1. The first kappa shape index (κ1) is 24.1. The number of nitrogens with one attached hydrogen (secondary N) is 1. The highest BCUT2D eigenvalue weighted by Gasteiger charge is 2.43. The lowest BCUT2D eigenvalue weighted by molar-refractivity contribution is -0.908. The van der Waals surface area contributed by atoms with Gasteiger partial charge in [0.15, 0.2) is 16.9 Å². The topological polar surface area (TPSA) is 93.7 Å². The van der Waals surface area contributed by atoms with Gasteiger partial charge >= 0.3 is 0 Å². The summed E-state index contributed by atoms with van der Waals surface area (Å²) in [6.07, 6.45) is 0.751. The molecule has 0 aliphatic carbocycles. The van der Waals surface area contributed by atoms with Crippen LogP contribution in [-0.4, -0.2) is 62.4 Å². The van der Waals surface area contributed by atoms with Gasteiger partial charge in [0.1, 0.15) is 18.7 Å². The summed E-state index contributed by atoms with van der Waals surface area (Å²) in [4.78, 5) is 30.4. The van der Waals surface area contributed by atoms with Crippen LogP contribution in [0.15, 0.2) is 44.0 Å². The van der Waals surface area contributed by atoms with E-state index in [1.54, 1.807) is 35.2 Å². The Morgan fingerprint density at radius 3 is 2.74 bits per heavy atom. The molecule has 1 saturated heterocycles. The monoisotopic (exact) mass is 563 g/mol. The SMILES string of the molecule is COc1cc([C@@H]2c3c(oc4ccc(Cl)cc4c3=O)C(=O)N2CCC[NH+]2CCOCC2)cc(Br)c1O. The molecule has 1 atom stereocenters. The summed E-state index contributed by atoms with van der Waals surface area (Å²) in [7, 11) is 1.45. The van der Waals surface area contributed by atoms with E-state index in [4.69, 9.17) is 25.5 Å². The minimum absolute atomic E-state index is 0.0386. The number of halogens is 2. The Kier molecular flexibility index (Phi) is 6.76. The maximum Gasteiger partial charge on any atom is 0.290 e. The number of aromatic hydroxyl groups is 1. The number of carbonyl (C=O) groups excluding carboxylic acids is 1. The Labute approximate surface area is 215 Å². The third kappa shape index (κ3) is 4.42. The van der Waals surface area contributed by atoms with E-state index in [2.05, 4.69) is 15.9 Å². The largest absolute Gasteiger partial charge is 0.503 e. The lowest BCUT2D eigenvalue weighted by Gasteiger charge is -2.28. The van der Waals surface area contributed by atoms with Crippen LogP contribution in [0, 0.1) is 0 Å². The Balaban J connectivity index is 1.59. The number of hydrogen-bond acceptors (Lipinski definition) is 6. The average Bonchev–Trinajstić information content (AvgIpc) is 3.14. The molecule has 3 heterocycles. The molecule has 0 radical (unpaired) electrons.